The highest BCUT2D eigenvalue weighted by Crippen LogP contribution is 2.44. The molecule has 1 saturated heterocycles. The van der Waals surface area contributed by atoms with E-state index in [1.165, 1.54) is 0 Å². The molecule has 0 spiro atoms. The third-order valence-electron chi connectivity index (χ3n) is 5.64. The molecule has 1 aliphatic heterocycles. The highest BCUT2D eigenvalue weighted by atomic mass is 19.3. The molecule has 1 aromatic carbocycles. The summed E-state index contributed by atoms with van der Waals surface area (Å²) in [6, 6.07) is 8.63. The number of aliphatic hydroxyl groups excluding tert-OH is 1. The summed E-state index contributed by atoms with van der Waals surface area (Å²) in [7, 11) is 0. The van der Waals surface area contributed by atoms with Crippen LogP contribution in [0.15, 0.2) is 24.3 Å². The molecule has 2 aromatic rings. The number of nitrogens with zero attached hydrogens (tertiary/aromatic N) is 4. The molecule has 1 aromatic heterocycles. The summed E-state index contributed by atoms with van der Waals surface area (Å²) in [6.07, 6.45) is -0.377. The Morgan fingerprint density at radius 1 is 1.36 bits per heavy atom. The van der Waals surface area contributed by atoms with Crippen molar-refractivity contribution in [2.75, 3.05) is 11.4 Å². The predicted molar refractivity (Wildman–Crippen MR) is 99.7 cm³/mol. The van der Waals surface area contributed by atoms with Crippen LogP contribution in [0.5, 0.6) is 0 Å². The van der Waals surface area contributed by atoms with Crippen LogP contribution in [-0.4, -0.2) is 33.8 Å². The van der Waals surface area contributed by atoms with E-state index >= 15 is 0 Å². The number of aromatic nitrogens is 2. The van der Waals surface area contributed by atoms with Gasteiger partial charge in [-0.25, -0.2) is 9.97 Å². The zero-order valence-corrected chi connectivity index (χ0v) is 15.4. The number of halogens is 2. The quantitative estimate of drug-likeness (QED) is 0.840. The number of nitriles is 1. The number of fused-ring (bicyclic) bond motifs is 1. The first-order valence-electron chi connectivity index (χ1n) is 9.28. The van der Waals surface area contributed by atoms with Crippen LogP contribution in [-0.2, 0) is 12.3 Å². The van der Waals surface area contributed by atoms with Crippen LogP contribution in [0.4, 0.5) is 14.7 Å². The molecule has 3 N–H and O–H groups in total. The number of hydrogen-bond donors (Lipinski definition) is 2. The van der Waals surface area contributed by atoms with Gasteiger partial charge in [-0.15, -0.1) is 0 Å². The molecule has 2 heterocycles. The minimum Gasteiger partial charge on any atom is -0.389 e. The maximum absolute atomic E-state index is 14.4. The SMILES string of the molecule is C[C@H]1[C@H](O)CN1c1nc(-c2ccc(C(N)CC#N)cc2)c2c(n1)C(F)(F)CC2. The van der Waals surface area contributed by atoms with Crippen molar-refractivity contribution in [3.63, 3.8) is 0 Å². The van der Waals surface area contributed by atoms with Crippen molar-refractivity contribution in [3.8, 4) is 17.3 Å². The molecule has 0 saturated carbocycles. The molecule has 3 atom stereocenters. The second-order valence-corrected chi connectivity index (χ2v) is 7.45. The molecule has 1 unspecified atom stereocenters. The first kappa shape index (κ1) is 18.7. The van der Waals surface area contributed by atoms with Crippen molar-refractivity contribution in [2.24, 2.45) is 5.73 Å². The largest absolute Gasteiger partial charge is 0.389 e. The number of β-amino-alcohol motifs (C(OH)–C–C–N with tert-alkyl or cyclic N) is 1. The third-order valence-corrected chi connectivity index (χ3v) is 5.64. The molecule has 28 heavy (non-hydrogen) atoms. The van der Waals surface area contributed by atoms with E-state index in [0.717, 1.165) is 5.56 Å². The summed E-state index contributed by atoms with van der Waals surface area (Å²) in [4.78, 5) is 10.5. The van der Waals surface area contributed by atoms with Crippen molar-refractivity contribution in [3.05, 3.63) is 41.1 Å². The predicted octanol–water partition coefficient (Wildman–Crippen LogP) is 2.66. The summed E-state index contributed by atoms with van der Waals surface area (Å²) in [5.41, 5.74) is 8.22. The molecule has 6 nitrogen and oxygen atoms in total. The molecule has 146 valence electrons. The third kappa shape index (κ3) is 3.01. The standard InChI is InChI=1S/C20H21F2N5O/c1-11-16(28)10-27(11)19-25-17(14-6-8-20(21,22)18(14)26-19)13-4-2-12(3-5-13)15(24)7-9-23/h2-5,11,15-16,28H,6-8,10,24H2,1H3/t11-,15?,16+/m0/s1. The first-order chi connectivity index (χ1) is 13.3. The van der Waals surface area contributed by atoms with E-state index in [0.29, 0.717) is 23.4 Å². The van der Waals surface area contributed by atoms with Gasteiger partial charge in [0.1, 0.15) is 5.69 Å². The molecule has 4 rings (SSSR count). The normalized spacial score (nSPS) is 23.6. The number of aliphatic hydroxyl groups is 1. The molecule has 1 fully saturated rings. The lowest BCUT2D eigenvalue weighted by Crippen LogP contribution is -2.59. The van der Waals surface area contributed by atoms with Gasteiger partial charge in [-0.1, -0.05) is 24.3 Å². The van der Waals surface area contributed by atoms with Crippen molar-refractivity contribution in [2.45, 2.75) is 50.3 Å². The molecule has 1 aliphatic carbocycles. The maximum atomic E-state index is 14.4. The van der Waals surface area contributed by atoms with Crippen molar-refractivity contribution >= 4 is 5.95 Å². The van der Waals surface area contributed by atoms with Crippen LogP contribution < -0.4 is 10.6 Å². The molecular weight excluding hydrogens is 364 g/mol. The number of alkyl halides is 2. The number of rotatable bonds is 4. The monoisotopic (exact) mass is 385 g/mol. The summed E-state index contributed by atoms with van der Waals surface area (Å²) in [5, 5.41) is 18.6. The van der Waals surface area contributed by atoms with Gasteiger partial charge < -0.3 is 15.7 Å². The lowest BCUT2D eigenvalue weighted by atomic mass is 9.99. The average Bonchev–Trinajstić information content (AvgIpc) is 3.00. The molecule has 0 radical (unpaired) electrons. The lowest BCUT2D eigenvalue weighted by molar-refractivity contribution is -0.00603. The Balaban J connectivity index is 1.76. The Hall–Kier alpha value is -2.63. The van der Waals surface area contributed by atoms with E-state index in [2.05, 4.69) is 9.97 Å². The van der Waals surface area contributed by atoms with Crippen LogP contribution in [0, 0.1) is 11.3 Å². The van der Waals surface area contributed by atoms with Crippen LogP contribution >= 0.6 is 0 Å². The lowest BCUT2D eigenvalue weighted by Gasteiger charge is -2.43. The number of benzene rings is 1. The van der Waals surface area contributed by atoms with E-state index in [9.17, 15) is 13.9 Å². The second-order valence-electron chi connectivity index (χ2n) is 7.45. The Kier molecular flexibility index (Phi) is 4.52. The van der Waals surface area contributed by atoms with Gasteiger partial charge >= 0.3 is 0 Å². The van der Waals surface area contributed by atoms with E-state index in [4.69, 9.17) is 11.0 Å². The molecule has 0 bridgehead atoms. The van der Waals surface area contributed by atoms with E-state index < -0.39 is 18.1 Å². The fraction of sp³-hybridized carbons (Fsp3) is 0.450. The summed E-state index contributed by atoms with van der Waals surface area (Å²) < 4.78 is 28.8. The highest BCUT2D eigenvalue weighted by Gasteiger charge is 2.45. The van der Waals surface area contributed by atoms with Crippen LogP contribution in [0.1, 0.15) is 42.6 Å². The van der Waals surface area contributed by atoms with E-state index in [1.807, 2.05) is 13.0 Å². The molecule has 2 aliphatic rings. The smallest absolute Gasteiger partial charge is 0.290 e. The van der Waals surface area contributed by atoms with Crippen LogP contribution in [0.2, 0.25) is 0 Å². The minimum atomic E-state index is -2.98. The maximum Gasteiger partial charge on any atom is 0.290 e. The van der Waals surface area contributed by atoms with Gasteiger partial charge in [0.25, 0.3) is 5.92 Å². The Labute approximate surface area is 161 Å². The zero-order valence-electron chi connectivity index (χ0n) is 15.4. The number of hydrogen-bond acceptors (Lipinski definition) is 6. The summed E-state index contributed by atoms with van der Waals surface area (Å²) >= 11 is 0. The van der Waals surface area contributed by atoms with Gasteiger partial charge in [0.15, 0.2) is 0 Å². The second kappa shape index (κ2) is 6.76. The van der Waals surface area contributed by atoms with Gasteiger partial charge in [-0.05, 0) is 18.9 Å². The number of nitrogens with two attached hydrogens (primary N) is 1. The Morgan fingerprint density at radius 3 is 2.68 bits per heavy atom. The van der Waals surface area contributed by atoms with Gasteiger partial charge in [-0.2, -0.15) is 14.0 Å². The summed E-state index contributed by atoms with van der Waals surface area (Å²) in [6.45, 7) is 2.14. The zero-order chi connectivity index (χ0) is 20.1. The van der Waals surface area contributed by atoms with Gasteiger partial charge in [0.05, 0.1) is 30.3 Å². The van der Waals surface area contributed by atoms with Crippen molar-refractivity contribution in [1.82, 2.24) is 9.97 Å². The summed E-state index contributed by atoms with van der Waals surface area (Å²) in [5.74, 6) is -2.76. The topological polar surface area (TPSA) is 99.1 Å². The molecule has 8 heteroatoms. The van der Waals surface area contributed by atoms with Crippen molar-refractivity contribution < 1.29 is 13.9 Å². The van der Waals surface area contributed by atoms with Crippen LogP contribution in [0.25, 0.3) is 11.3 Å². The molecular formula is C20H21F2N5O. The van der Waals surface area contributed by atoms with E-state index in [1.54, 1.807) is 29.2 Å². The Morgan fingerprint density at radius 2 is 2.07 bits per heavy atom. The van der Waals surface area contributed by atoms with Crippen LogP contribution in [0.3, 0.4) is 0 Å². The Bertz CT molecular complexity index is 941. The van der Waals surface area contributed by atoms with Gasteiger partial charge in [0, 0.05) is 30.1 Å². The van der Waals surface area contributed by atoms with Gasteiger partial charge in [-0.3, -0.25) is 0 Å². The fourth-order valence-corrected chi connectivity index (χ4v) is 3.74. The molecule has 0 amide bonds. The number of anilines is 1. The van der Waals surface area contributed by atoms with Gasteiger partial charge in [0.2, 0.25) is 5.95 Å². The van der Waals surface area contributed by atoms with Crippen molar-refractivity contribution in [1.29, 1.82) is 5.26 Å². The minimum absolute atomic E-state index is 0.202. The fourth-order valence-electron chi connectivity index (χ4n) is 3.74. The average molecular weight is 385 g/mol. The van der Waals surface area contributed by atoms with E-state index in [-0.39, 0.29) is 36.9 Å². The highest BCUT2D eigenvalue weighted by molar-refractivity contribution is 5.67. The first-order valence-corrected chi connectivity index (χ1v) is 9.28.